The monoisotopic (exact) mass is 508 g/mol. The molecule has 36 heavy (non-hydrogen) atoms. The standard InChI is InChI=1S/C24H25ClN8O3/c1-15(10-26)29-23(36)17-4-2-16(3-5-17)22-20(25)12-27-24(31-22)30-18-11-28-33(13-18)19-6-8-32(9-7-19)21(35)14-34/h2-5,11-13,15,19,34H,6-9,14H2,1H3,(H,29,36)(H,27,30,31). The highest BCUT2D eigenvalue weighted by Crippen LogP contribution is 2.28. The van der Waals surface area contributed by atoms with E-state index in [-0.39, 0.29) is 17.9 Å². The van der Waals surface area contributed by atoms with Gasteiger partial charge in [0.25, 0.3) is 5.91 Å². The minimum Gasteiger partial charge on any atom is -0.387 e. The Kier molecular flexibility index (Phi) is 7.77. The van der Waals surface area contributed by atoms with E-state index < -0.39 is 12.6 Å². The summed E-state index contributed by atoms with van der Waals surface area (Å²) < 4.78 is 1.86. The molecule has 3 aromatic rings. The third kappa shape index (κ3) is 5.79. The fourth-order valence-electron chi connectivity index (χ4n) is 3.93. The van der Waals surface area contributed by atoms with Gasteiger partial charge in [-0.05, 0) is 31.9 Å². The first-order valence-corrected chi connectivity index (χ1v) is 11.8. The van der Waals surface area contributed by atoms with Gasteiger partial charge >= 0.3 is 0 Å². The molecule has 12 heteroatoms. The van der Waals surface area contributed by atoms with Crippen molar-refractivity contribution in [3.05, 3.63) is 53.4 Å². The fraction of sp³-hybridized carbons (Fsp3) is 0.333. The second kappa shape index (κ2) is 11.2. The lowest BCUT2D eigenvalue weighted by molar-refractivity contribution is -0.135. The first-order chi connectivity index (χ1) is 17.4. The van der Waals surface area contributed by atoms with Crippen molar-refractivity contribution in [2.75, 3.05) is 25.0 Å². The molecule has 1 aliphatic rings. The number of rotatable bonds is 7. The summed E-state index contributed by atoms with van der Waals surface area (Å²) in [6, 6.07) is 8.27. The molecule has 0 saturated carbocycles. The largest absolute Gasteiger partial charge is 0.387 e. The van der Waals surface area contributed by atoms with E-state index in [0.29, 0.717) is 46.6 Å². The third-order valence-corrected chi connectivity index (χ3v) is 6.17. The predicted molar refractivity (Wildman–Crippen MR) is 132 cm³/mol. The molecule has 4 rings (SSSR count). The van der Waals surface area contributed by atoms with E-state index in [0.717, 1.165) is 12.8 Å². The van der Waals surface area contributed by atoms with Gasteiger partial charge in [-0.15, -0.1) is 0 Å². The van der Waals surface area contributed by atoms with E-state index >= 15 is 0 Å². The zero-order chi connectivity index (χ0) is 25.7. The van der Waals surface area contributed by atoms with Crippen LogP contribution in [0.1, 0.15) is 36.2 Å². The molecule has 3 N–H and O–H groups in total. The Labute approximate surface area is 212 Å². The lowest BCUT2D eigenvalue weighted by Crippen LogP contribution is -2.40. The minimum atomic E-state index is -0.588. The van der Waals surface area contributed by atoms with Crippen LogP contribution < -0.4 is 10.6 Å². The number of nitriles is 1. The molecule has 1 saturated heterocycles. The van der Waals surface area contributed by atoms with E-state index in [9.17, 15) is 9.59 Å². The van der Waals surface area contributed by atoms with Crippen molar-refractivity contribution >= 4 is 35.1 Å². The number of halogens is 1. The highest BCUT2D eigenvalue weighted by atomic mass is 35.5. The second-order valence-electron chi connectivity index (χ2n) is 8.40. The molecule has 2 amide bonds. The van der Waals surface area contributed by atoms with Gasteiger partial charge in [0.1, 0.15) is 12.6 Å². The number of piperidine rings is 1. The number of carbonyl (C=O) groups is 2. The number of benzene rings is 1. The SMILES string of the molecule is CC(C#N)NC(=O)c1ccc(-c2nc(Nc3cnn(C4CCN(C(=O)CO)CC4)c3)ncc2Cl)cc1. The lowest BCUT2D eigenvalue weighted by Gasteiger charge is -2.31. The number of nitrogens with one attached hydrogen (secondary N) is 2. The van der Waals surface area contributed by atoms with Gasteiger partial charge in [-0.2, -0.15) is 10.4 Å². The molecule has 11 nitrogen and oxygen atoms in total. The molecule has 0 aliphatic carbocycles. The summed E-state index contributed by atoms with van der Waals surface area (Å²) in [5, 5.41) is 28.4. The maximum Gasteiger partial charge on any atom is 0.252 e. The van der Waals surface area contributed by atoms with Crippen molar-refractivity contribution in [2.24, 2.45) is 0 Å². The van der Waals surface area contributed by atoms with Crippen LogP contribution in [0.2, 0.25) is 5.02 Å². The number of anilines is 2. The predicted octanol–water partition coefficient (Wildman–Crippen LogP) is 2.53. The first-order valence-electron chi connectivity index (χ1n) is 11.4. The van der Waals surface area contributed by atoms with Crippen molar-refractivity contribution in [3.8, 4) is 17.3 Å². The van der Waals surface area contributed by atoms with Crippen LogP contribution in [0, 0.1) is 11.3 Å². The number of nitrogens with zero attached hydrogens (tertiary/aromatic N) is 6. The maximum absolute atomic E-state index is 12.2. The normalized spacial score (nSPS) is 14.7. The summed E-state index contributed by atoms with van der Waals surface area (Å²) in [7, 11) is 0. The zero-order valence-electron chi connectivity index (χ0n) is 19.6. The Bertz CT molecular complexity index is 1280. The minimum absolute atomic E-state index is 0.150. The molecule has 0 bridgehead atoms. The summed E-state index contributed by atoms with van der Waals surface area (Å²) in [6.45, 7) is 2.29. The molecular weight excluding hydrogens is 484 g/mol. The molecule has 1 atom stereocenters. The molecule has 1 aliphatic heterocycles. The summed E-state index contributed by atoms with van der Waals surface area (Å²) in [5.74, 6) is -0.255. The van der Waals surface area contributed by atoms with Gasteiger partial charge in [-0.1, -0.05) is 23.7 Å². The van der Waals surface area contributed by atoms with Gasteiger partial charge in [-0.3, -0.25) is 14.3 Å². The quantitative estimate of drug-likeness (QED) is 0.440. The molecule has 1 unspecified atom stereocenters. The number of aliphatic hydroxyl groups is 1. The Morgan fingerprint density at radius 1 is 1.25 bits per heavy atom. The average Bonchev–Trinajstić information content (AvgIpc) is 3.37. The topological polar surface area (TPSA) is 149 Å². The summed E-state index contributed by atoms with van der Waals surface area (Å²) >= 11 is 6.35. The highest BCUT2D eigenvalue weighted by molar-refractivity contribution is 6.32. The highest BCUT2D eigenvalue weighted by Gasteiger charge is 2.24. The van der Waals surface area contributed by atoms with Gasteiger partial charge in [0.05, 0.1) is 40.9 Å². The smallest absolute Gasteiger partial charge is 0.252 e. The molecule has 0 spiro atoms. The van der Waals surface area contributed by atoms with Crippen molar-refractivity contribution in [3.63, 3.8) is 0 Å². The molecule has 186 valence electrons. The molecule has 2 aromatic heterocycles. The molecule has 3 heterocycles. The Balaban J connectivity index is 1.43. The zero-order valence-corrected chi connectivity index (χ0v) is 20.3. The van der Waals surface area contributed by atoms with Crippen LogP contribution in [0.25, 0.3) is 11.3 Å². The number of hydrogen-bond acceptors (Lipinski definition) is 8. The number of likely N-dealkylation sites (tertiary alicyclic amines) is 1. The van der Waals surface area contributed by atoms with Crippen LogP contribution in [0.5, 0.6) is 0 Å². The number of hydrogen-bond donors (Lipinski definition) is 3. The van der Waals surface area contributed by atoms with Crippen LogP contribution in [0.3, 0.4) is 0 Å². The van der Waals surface area contributed by atoms with Gasteiger partial charge in [0.2, 0.25) is 11.9 Å². The van der Waals surface area contributed by atoms with E-state index in [4.69, 9.17) is 22.0 Å². The van der Waals surface area contributed by atoms with Crippen LogP contribution in [0.4, 0.5) is 11.6 Å². The van der Waals surface area contributed by atoms with Crippen molar-refractivity contribution in [1.29, 1.82) is 5.26 Å². The Hall–Kier alpha value is -4.01. The van der Waals surface area contributed by atoms with E-state index in [1.807, 2.05) is 16.9 Å². The van der Waals surface area contributed by atoms with Gasteiger partial charge in [0, 0.05) is 30.4 Å². The number of aliphatic hydroxyl groups excluding tert-OH is 1. The van der Waals surface area contributed by atoms with Gasteiger partial charge in [0.15, 0.2) is 0 Å². The Morgan fingerprint density at radius 3 is 2.64 bits per heavy atom. The molecule has 1 fully saturated rings. The number of aromatic nitrogens is 4. The summed E-state index contributed by atoms with van der Waals surface area (Å²) in [4.78, 5) is 34.3. The van der Waals surface area contributed by atoms with Gasteiger partial charge in [-0.25, -0.2) is 9.97 Å². The average molecular weight is 509 g/mol. The summed E-state index contributed by atoms with van der Waals surface area (Å²) in [5.41, 5.74) is 2.33. The molecule has 0 radical (unpaired) electrons. The van der Waals surface area contributed by atoms with E-state index in [1.54, 1.807) is 42.3 Å². The first kappa shape index (κ1) is 25.1. The van der Waals surface area contributed by atoms with Gasteiger partial charge < -0.3 is 20.6 Å². The second-order valence-corrected chi connectivity index (χ2v) is 8.80. The fourth-order valence-corrected chi connectivity index (χ4v) is 4.13. The van der Waals surface area contributed by atoms with Crippen molar-refractivity contribution < 1.29 is 14.7 Å². The third-order valence-electron chi connectivity index (χ3n) is 5.89. The van der Waals surface area contributed by atoms with Crippen LogP contribution >= 0.6 is 11.6 Å². The number of amides is 2. The van der Waals surface area contributed by atoms with Crippen LogP contribution in [-0.4, -0.2) is 67.3 Å². The van der Waals surface area contributed by atoms with Crippen LogP contribution in [-0.2, 0) is 4.79 Å². The molecule has 1 aromatic carbocycles. The van der Waals surface area contributed by atoms with Crippen molar-refractivity contribution in [2.45, 2.75) is 31.8 Å². The van der Waals surface area contributed by atoms with Crippen LogP contribution in [0.15, 0.2) is 42.9 Å². The van der Waals surface area contributed by atoms with E-state index in [2.05, 4.69) is 25.7 Å². The Morgan fingerprint density at radius 2 is 1.97 bits per heavy atom. The number of carbonyl (C=O) groups excluding carboxylic acids is 2. The maximum atomic E-state index is 12.2. The van der Waals surface area contributed by atoms with E-state index in [1.165, 1.54) is 6.20 Å². The summed E-state index contributed by atoms with van der Waals surface area (Å²) in [6.07, 6.45) is 6.54. The van der Waals surface area contributed by atoms with Crippen molar-refractivity contribution in [1.82, 2.24) is 30.0 Å². The molecular formula is C24H25ClN8O3. The lowest BCUT2D eigenvalue weighted by atomic mass is 10.1.